The average Bonchev–Trinajstić information content (AvgIpc) is 2.41. The second-order valence-electron chi connectivity index (χ2n) is 5.06. The summed E-state index contributed by atoms with van der Waals surface area (Å²) >= 11 is 0. The van der Waals surface area contributed by atoms with Crippen LogP contribution in [-0.2, 0) is 0 Å². The van der Waals surface area contributed by atoms with E-state index in [1.54, 1.807) is 18.3 Å². The lowest BCUT2D eigenvalue weighted by Gasteiger charge is -2.06. The zero-order valence-corrected chi connectivity index (χ0v) is 12.3. The second-order valence-corrected chi connectivity index (χ2v) is 5.06. The number of phenols is 1. The Morgan fingerprint density at radius 2 is 1.81 bits per heavy atom. The Morgan fingerprint density at radius 3 is 2.43 bits per heavy atom. The van der Waals surface area contributed by atoms with Crippen LogP contribution >= 0.6 is 0 Å². The number of hydrogen-bond donors (Lipinski definition) is 2. The van der Waals surface area contributed by atoms with Crippen LogP contribution < -0.4 is 5.43 Å². The number of hydrazone groups is 1. The van der Waals surface area contributed by atoms with E-state index >= 15 is 0 Å². The fraction of sp³-hybridized carbons (Fsp3) is 0.176. The normalized spacial score (nSPS) is 10.8. The molecule has 0 bridgehead atoms. The van der Waals surface area contributed by atoms with Gasteiger partial charge in [0, 0.05) is 11.1 Å². The number of nitrogens with zero attached hydrogens (tertiary/aromatic N) is 1. The number of rotatable bonds is 3. The molecule has 2 aromatic carbocycles. The molecule has 0 spiro atoms. The highest BCUT2D eigenvalue weighted by Crippen LogP contribution is 2.14. The first kappa shape index (κ1) is 14.8. The maximum atomic E-state index is 11.9. The molecule has 0 unspecified atom stereocenters. The number of carbonyl (C=O) groups excluding carboxylic acids is 1. The minimum atomic E-state index is -0.357. The van der Waals surface area contributed by atoms with Gasteiger partial charge >= 0.3 is 0 Å². The number of benzene rings is 2. The predicted molar refractivity (Wildman–Crippen MR) is 83.8 cm³/mol. The van der Waals surface area contributed by atoms with Crippen molar-refractivity contribution in [1.29, 1.82) is 0 Å². The fourth-order valence-corrected chi connectivity index (χ4v) is 2.26. The molecule has 108 valence electrons. The van der Waals surface area contributed by atoms with Gasteiger partial charge in [0.05, 0.1) is 6.21 Å². The third kappa shape index (κ3) is 3.69. The molecule has 0 saturated heterocycles. The van der Waals surface area contributed by atoms with Gasteiger partial charge in [-0.05, 0) is 50.1 Å². The van der Waals surface area contributed by atoms with Crippen LogP contribution in [0.1, 0.15) is 32.6 Å². The third-order valence-corrected chi connectivity index (χ3v) is 3.21. The van der Waals surface area contributed by atoms with Crippen LogP contribution in [0.3, 0.4) is 0 Å². The maximum Gasteiger partial charge on any atom is 0.271 e. The van der Waals surface area contributed by atoms with Crippen molar-refractivity contribution in [3.63, 3.8) is 0 Å². The van der Waals surface area contributed by atoms with Gasteiger partial charge in [0.25, 0.3) is 5.91 Å². The van der Waals surface area contributed by atoms with Gasteiger partial charge in [-0.3, -0.25) is 4.79 Å². The molecule has 0 fully saturated rings. The van der Waals surface area contributed by atoms with Crippen molar-refractivity contribution in [2.45, 2.75) is 20.8 Å². The average molecular weight is 282 g/mol. The van der Waals surface area contributed by atoms with E-state index in [2.05, 4.69) is 22.7 Å². The summed E-state index contributed by atoms with van der Waals surface area (Å²) < 4.78 is 0. The Morgan fingerprint density at radius 1 is 1.14 bits per heavy atom. The molecular formula is C17H18N2O2. The van der Waals surface area contributed by atoms with E-state index in [1.807, 2.05) is 20.8 Å². The molecular weight excluding hydrogens is 264 g/mol. The highest BCUT2D eigenvalue weighted by molar-refractivity contribution is 5.95. The molecule has 0 aliphatic rings. The molecule has 0 atom stereocenters. The first-order valence-electron chi connectivity index (χ1n) is 6.67. The number of aromatic hydroxyl groups is 1. The van der Waals surface area contributed by atoms with Crippen LogP contribution in [0.2, 0.25) is 0 Å². The summed E-state index contributed by atoms with van der Waals surface area (Å²) in [5.41, 5.74) is 7.25. The Bertz CT molecular complexity index is 683. The molecule has 4 nitrogen and oxygen atoms in total. The molecule has 0 radical (unpaired) electrons. The van der Waals surface area contributed by atoms with E-state index in [1.165, 1.54) is 17.7 Å². The molecule has 0 heterocycles. The van der Waals surface area contributed by atoms with E-state index in [0.29, 0.717) is 5.56 Å². The molecule has 4 heteroatoms. The van der Waals surface area contributed by atoms with Crippen molar-refractivity contribution in [2.24, 2.45) is 5.10 Å². The number of aryl methyl sites for hydroxylation is 3. The molecule has 21 heavy (non-hydrogen) atoms. The highest BCUT2D eigenvalue weighted by Gasteiger charge is 2.05. The zero-order valence-electron chi connectivity index (χ0n) is 12.3. The van der Waals surface area contributed by atoms with Crippen molar-refractivity contribution in [3.05, 3.63) is 64.2 Å². The number of amides is 1. The first-order chi connectivity index (χ1) is 9.97. The van der Waals surface area contributed by atoms with Gasteiger partial charge in [0.1, 0.15) is 5.75 Å². The maximum absolute atomic E-state index is 11.9. The molecule has 2 rings (SSSR count). The van der Waals surface area contributed by atoms with Gasteiger partial charge in [-0.2, -0.15) is 5.10 Å². The Hall–Kier alpha value is -2.62. The molecule has 2 aromatic rings. The van der Waals surface area contributed by atoms with Gasteiger partial charge in [-0.25, -0.2) is 5.43 Å². The topological polar surface area (TPSA) is 61.7 Å². The van der Waals surface area contributed by atoms with Gasteiger partial charge < -0.3 is 5.11 Å². The van der Waals surface area contributed by atoms with Gasteiger partial charge in [0.15, 0.2) is 0 Å². The van der Waals surface area contributed by atoms with Gasteiger partial charge in [0.2, 0.25) is 0 Å². The summed E-state index contributed by atoms with van der Waals surface area (Å²) in [6.07, 6.45) is 1.64. The highest BCUT2D eigenvalue weighted by atomic mass is 16.3. The van der Waals surface area contributed by atoms with E-state index < -0.39 is 0 Å². The lowest BCUT2D eigenvalue weighted by Crippen LogP contribution is -2.17. The quantitative estimate of drug-likeness (QED) is 0.671. The summed E-state index contributed by atoms with van der Waals surface area (Å²) in [7, 11) is 0. The largest absolute Gasteiger partial charge is 0.508 e. The second kappa shape index (κ2) is 6.22. The van der Waals surface area contributed by atoms with Crippen molar-refractivity contribution in [3.8, 4) is 5.75 Å². The Balaban J connectivity index is 2.11. The van der Waals surface area contributed by atoms with Crippen LogP contribution in [0.15, 0.2) is 41.5 Å². The minimum Gasteiger partial charge on any atom is -0.508 e. The lowest BCUT2D eigenvalue weighted by molar-refractivity contribution is 0.0954. The number of phenolic OH excluding ortho intramolecular Hbond substituents is 1. The van der Waals surface area contributed by atoms with E-state index in [9.17, 15) is 9.90 Å². The summed E-state index contributed by atoms with van der Waals surface area (Å²) in [4.78, 5) is 11.9. The monoisotopic (exact) mass is 282 g/mol. The van der Waals surface area contributed by atoms with E-state index in [4.69, 9.17) is 0 Å². The molecule has 2 N–H and O–H groups in total. The number of carbonyl (C=O) groups is 1. The Labute approximate surface area is 124 Å². The molecule has 0 saturated carbocycles. The van der Waals surface area contributed by atoms with E-state index in [-0.39, 0.29) is 11.7 Å². The molecule has 0 aromatic heterocycles. The first-order valence-corrected chi connectivity index (χ1v) is 6.67. The van der Waals surface area contributed by atoms with Gasteiger partial charge in [-0.1, -0.05) is 23.8 Å². The summed E-state index contributed by atoms with van der Waals surface area (Å²) in [6, 6.07) is 10.3. The molecule has 0 aliphatic carbocycles. The van der Waals surface area contributed by atoms with Crippen LogP contribution in [0.5, 0.6) is 5.75 Å². The summed E-state index contributed by atoms with van der Waals surface area (Å²) in [5.74, 6) is -0.304. The standard InChI is InChI=1S/C17H18N2O2/c1-11-7-12(2)16(13(3)8-11)10-18-19-17(21)14-5-4-6-15(20)9-14/h4-10,20H,1-3H3,(H,19,21)/b18-10-. The SMILES string of the molecule is Cc1cc(C)c(/C=N\NC(=O)c2cccc(O)c2)c(C)c1. The number of nitrogens with one attached hydrogen (secondary N) is 1. The van der Waals surface area contributed by atoms with Crippen molar-refractivity contribution in [1.82, 2.24) is 5.43 Å². The number of hydrogen-bond acceptors (Lipinski definition) is 3. The third-order valence-electron chi connectivity index (χ3n) is 3.21. The summed E-state index contributed by atoms with van der Waals surface area (Å²) in [6.45, 7) is 6.07. The van der Waals surface area contributed by atoms with Crippen molar-refractivity contribution < 1.29 is 9.90 Å². The van der Waals surface area contributed by atoms with Crippen molar-refractivity contribution >= 4 is 12.1 Å². The van der Waals surface area contributed by atoms with E-state index in [0.717, 1.165) is 16.7 Å². The molecule has 1 amide bonds. The van der Waals surface area contributed by atoms with Crippen LogP contribution in [0.25, 0.3) is 0 Å². The minimum absolute atomic E-state index is 0.0526. The Kier molecular flexibility index (Phi) is 4.38. The zero-order chi connectivity index (χ0) is 15.4. The van der Waals surface area contributed by atoms with Crippen LogP contribution in [0, 0.1) is 20.8 Å². The fourth-order valence-electron chi connectivity index (χ4n) is 2.26. The van der Waals surface area contributed by atoms with Crippen molar-refractivity contribution in [2.75, 3.05) is 0 Å². The van der Waals surface area contributed by atoms with Crippen LogP contribution in [-0.4, -0.2) is 17.2 Å². The lowest BCUT2D eigenvalue weighted by atomic mass is 10.0. The summed E-state index contributed by atoms with van der Waals surface area (Å²) in [5, 5.41) is 13.3. The van der Waals surface area contributed by atoms with Gasteiger partial charge in [-0.15, -0.1) is 0 Å². The smallest absolute Gasteiger partial charge is 0.271 e. The molecule has 0 aliphatic heterocycles. The predicted octanol–water partition coefficient (Wildman–Crippen LogP) is 3.08. The van der Waals surface area contributed by atoms with Crippen LogP contribution in [0.4, 0.5) is 0 Å².